The van der Waals surface area contributed by atoms with Crippen LogP contribution >= 0.6 is 12.4 Å². The van der Waals surface area contributed by atoms with E-state index in [0.717, 1.165) is 25.9 Å². The largest absolute Gasteiger partial charge is 0.316 e. The van der Waals surface area contributed by atoms with Gasteiger partial charge in [-0.2, -0.15) is 0 Å². The van der Waals surface area contributed by atoms with Gasteiger partial charge in [-0.1, -0.05) is 0 Å². The lowest BCUT2D eigenvalue weighted by Crippen LogP contribution is -2.38. The highest BCUT2D eigenvalue weighted by Gasteiger charge is 2.19. The van der Waals surface area contributed by atoms with Crippen molar-refractivity contribution < 1.29 is 8.42 Å². The second-order valence-electron chi connectivity index (χ2n) is 4.11. The van der Waals surface area contributed by atoms with Gasteiger partial charge in [-0.05, 0) is 31.8 Å². The van der Waals surface area contributed by atoms with E-state index >= 15 is 0 Å². The van der Waals surface area contributed by atoms with Crippen molar-refractivity contribution in [3.05, 3.63) is 18.6 Å². The van der Waals surface area contributed by atoms with Gasteiger partial charge in [0.1, 0.15) is 0 Å². The van der Waals surface area contributed by atoms with Gasteiger partial charge in [-0.15, -0.1) is 12.4 Å². The first-order valence-corrected chi connectivity index (χ1v) is 7.13. The van der Waals surface area contributed by atoms with Crippen molar-refractivity contribution in [1.29, 1.82) is 0 Å². The zero-order chi connectivity index (χ0) is 12.1. The third-order valence-electron chi connectivity index (χ3n) is 2.78. The van der Waals surface area contributed by atoms with Crippen LogP contribution < -0.4 is 10.0 Å². The molecule has 18 heavy (non-hydrogen) atoms. The van der Waals surface area contributed by atoms with Crippen LogP contribution in [0.4, 0.5) is 0 Å². The van der Waals surface area contributed by atoms with Gasteiger partial charge in [-0.25, -0.2) is 18.1 Å². The van der Waals surface area contributed by atoms with Crippen molar-refractivity contribution in [2.24, 2.45) is 5.92 Å². The summed E-state index contributed by atoms with van der Waals surface area (Å²) in [6.07, 6.45) is 6.22. The number of aromatic nitrogens is 2. The number of nitrogens with zero attached hydrogens (tertiary/aromatic N) is 2. The Bertz CT molecular complexity index is 448. The van der Waals surface area contributed by atoms with Crippen LogP contribution in [0.3, 0.4) is 0 Å². The molecule has 1 aliphatic heterocycles. The van der Waals surface area contributed by atoms with E-state index in [0.29, 0.717) is 12.5 Å². The van der Waals surface area contributed by atoms with Gasteiger partial charge < -0.3 is 5.32 Å². The average Bonchev–Trinajstić information content (AvgIpc) is 2.39. The summed E-state index contributed by atoms with van der Waals surface area (Å²) in [6.45, 7) is 2.34. The van der Waals surface area contributed by atoms with Gasteiger partial charge in [0.2, 0.25) is 0 Å². The van der Waals surface area contributed by atoms with Gasteiger partial charge >= 0.3 is 0 Å². The predicted octanol–water partition coefficient (Wildman–Crippen LogP) is 0.176. The third-order valence-corrected chi connectivity index (χ3v) is 4.08. The van der Waals surface area contributed by atoms with Crippen molar-refractivity contribution in [2.75, 3.05) is 19.6 Å². The van der Waals surface area contributed by atoms with Crippen LogP contribution in [0, 0.1) is 5.92 Å². The molecule has 1 aromatic rings. The summed E-state index contributed by atoms with van der Waals surface area (Å²) in [5.74, 6) is 0.357. The molecule has 0 spiro atoms. The molecule has 0 aliphatic carbocycles. The number of hydrogen-bond donors (Lipinski definition) is 2. The Morgan fingerprint density at radius 2 is 2.28 bits per heavy atom. The molecule has 6 nitrogen and oxygen atoms in total. The summed E-state index contributed by atoms with van der Waals surface area (Å²) in [5, 5.41) is 3.22. The van der Waals surface area contributed by atoms with Crippen molar-refractivity contribution in [3.8, 4) is 0 Å². The number of nitrogens with one attached hydrogen (secondary N) is 2. The van der Waals surface area contributed by atoms with Crippen molar-refractivity contribution >= 4 is 22.4 Å². The maximum atomic E-state index is 11.8. The van der Waals surface area contributed by atoms with Crippen LogP contribution in [0.2, 0.25) is 0 Å². The molecule has 0 saturated carbocycles. The summed E-state index contributed by atoms with van der Waals surface area (Å²) in [5.41, 5.74) is 0. The summed E-state index contributed by atoms with van der Waals surface area (Å²) < 4.78 is 26.3. The lowest BCUT2D eigenvalue weighted by Gasteiger charge is -2.22. The molecule has 0 aromatic carbocycles. The smallest absolute Gasteiger partial charge is 0.259 e. The molecule has 2 rings (SSSR count). The van der Waals surface area contributed by atoms with Crippen LogP contribution in [0.5, 0.6) is 0 Å². The second-order valence-corrected chi connectivity index (χ2v) is 5.82. The number of hydrogen-bond acceptors (Lipinski definition) is 5. The maximum Gasteiger partial charge on any atom is 0.259 e. The minimum atomic E-state index is -3.51. The molecule has 0 amide bonds. The lowest BCUT2D eigenvalue weighted by atomic mass is 10.0. The normalized spacial score (nSPS) is 20.1. The van der Waals surface area contributed by atoms with E-state index in [4.69, 9.17) is 0 Å². The topological polar surface area (TPSA) is 84.0 Å². The first kappa shape index (κ1) is 15.3. The van der Waals surface area contributed by atoms with E-state index < -0.39 is 10.0 Å². The standard InChI is InChI=1S/C10H16N4O2S.ClH/c15-17(16,10-8-12-4-5-13-10)14-7-9-2-1-3-11-6-9;/h4-5,8-9,11,14H,1-3,6-7H2;1H. The first-order valence-electron chi connectivity index (χ1n) is 5.65. The molecule has 0 bridgehead atoms. The van der Waals surface area contributed by atoms with E-state index in [1.54, 1.807) is 0 Å². The Labute approximate surface area is 113 Å². The van der Waals surface area contributed by atoms with Crippen molar-refractivity contribution in [3.63, 3.8) is 0 Å². The number of piperidine rings is 1. The van der Waals surface area contributed by atoms with Crippen molar-refractivity contribution in [1.82, 2.24) is 20.0 Å². The average molecular weight is 293 g/mol. The van der Waals surface area contributed by atoms with Crippen molar-refractivity contribution in [2.45, 2.75) is 17.9 Å². The highest BCUT2D eigenvalue weighted by Crippen LogP contribution is 2.10. The lowest BCUT2D eigenvalue weighted by molar-refractivity contribution is 0.375. The van der Waals surface area contributed by atoms with E-state index in [1.165, 1.54) is 18.6 Å². The van der Waals surface area contributed by atoms with Gasteiger partial charge in [0.25, 0.3) is 10.0 Å². The molecule has 1 atom stereocenters. The molecule has 1 fully saturated rings. The fourth-order valence-electron chi connectivity index (χ4n) is 1.82. The quantitative estimate of drug-likeness (QED) is 0.827. The van der Waals surface area contributed by atoms with Crippen LogP contribution in [-0.2, 0) is 10.0 Å². The van der Waals surface area contributed by atoms with Gasteiger partial charge in [0, 0.05) is 18.9 Å². The highest BCUT2D eigenvalue weighted by molar-refractivity contribution is 7.89. The summed E-state index contributed by atoms with van der Waals surface area (Å²) in [6, 6.07) is 0. The Morgan fingerprint density at radius 1 is 1.44 bits per heavy atom. The molecule has 102 valence electrons. The van der Waals surface area contributed by atoms with E-state index in [9.17, 15) is 8.42 Å². The SMILES string of the molecule is Cl.O=S(=O)(NCC1CCCNC1)c1cnccn1. The molecule has 0 radical (unpaired) electrons. The number of rotatable bonds is 4. The summed E-state index contributed by atoms with van der Waals surface area (Å²) >= 11 is 0. The minimum Gasteiger partial charge on any atom is -0.316 e. The van der Waals surface area contributed by atoms with E-state index in [-0.39, 0.29) is 17.4 Å². The Morgan fingerprint density at radius 3 is 2.89 bits per heavy atom. The minimum absolute atomic E-state index is 0. The van der Waals surface area contributed by atoms with E-state index in [2.05, 4.69) is 20.0 Å². The summed E-state index contributed by atoms with van der Waals surface area (Å²) in [4.78, 5) is 7.54. The molecule has 2 heterocycles. The van der Waals surface area contributed by atoms with Crippen LogP contribution in [0.15, 0.2) is 23.6 Å². The Kier molecular flexibility index (Phi) is 5.94. The monoisotopic (exact) mass is 292 g/mol. The fourth-order valence-corrected chi connectivity index (χ4v) is 2.83. The van der Waals surface area contributed by atoms with Gasteiger partial charge in [0.15, 0.2) is 5.03 Å². The highest BCUT2D eigenvalue weighted by atomic mass is 35.5. The Hall–Kier alpha value is -0.760. The third kappa shape index (κ3) is 4.16. The fraction of sp³-hybridized carbons (Fsp3) is 0.600. The van der Waals surface area contributed by atoms with Gasteiger partial charge in [0.05, 0.1) is 6.20 Å². The predicted molar refractivity (Wildman–Crippen MR) is 70.1 cm³/mol. The van der Waals surface area contributed by atoms with Crippen LogP contribution in [0.1, 0.15) is 12.8 Å². The molecule has 1 aromatic heterocycles. The molecular formula is C10H17ClN4O2S. The van der Waals surface area contributed by atoms with E-state index in [1.807, 2.05) is 0 Å². The van der Waals surface area contributed by atoms with Crippen LogP contribution in [-0.4, -0.2) is 38.0 Å². The molecular weight excluding hydrogens is 276 g/mol. The molecule has 8 heteroatoms. The Balaban J connectivity index is 0.00000162. The zero-order valence-corrected chi connectivity index (χ0v) is 11.5. The maximum absolute atomic E-state index is 11.8. The second kappa shape index (κ2) is 6.98. The zero-order valence-electron chi connectivity index (χ0n) is 9.87. The summed E-state index contributed by atoms with van der Waals surface area (Å²) in [7, 11) is -3.51. The molecule has 1 saturated heterocycles. The number of sulfonamides is 1. The van der Waals surface area contributed by atoms with Crippen LogP contribution in [0.25, 0.3) is 0 Å². The van der Waals surface area contributed by atoms with Gasteiger partial charge in [-0.3, -0.25) is 4.98 Å². The molecule has 1 unspecified atom stereocenters. The molecule has 2 N–H and O–H groups in total. The molecule has 1 aliphatic rings. The first-order chi connectivity index (χ1) is 8.18. The number of halogens is 1.